The van der Waals surface area contributed by atoms with E-state index in [0.29, 0.717) is 24.1 Å². The van der Waals surface area contributed by atoms with Gasteiger partial charge in [0.15, 0.2) is 0 Å². The predicted octanol–water partition coefficient (Wildman–Crippen LogP) is 2.27. The summed E-state index contributed by atoms with van der Waals surface area (Å²) >= 11 is 0. The van der Waals surface area contributed by atoms with Crippen LogP contribution in [-0.2, 0) is 14.8 Å². The lowest BCUT2D eigenvalue weighted by atomic mass is 9.97. The summed E-state index contributed by atoms with van der Waals surface area (Å²) in [6, 6.07) is 10.3. The van der Waals surface area contributed by atoms with Gasteiger partial charge in [0.25, 0.3) is 0 Å². The molecule has 0 atom stereocenters. The van der Waals surface area contributed by atoms with Crippen LogP contribution < -0.4 is 11.1 Å². The standard InChI is InChI=1S/C20H22FN3O4S/c1-13-6-7-15(12-17(13)21)23-20(26)14-8-10-24(11-9-14)29(27,28)18-5-3-2-4-16(18)19(22)25/h2-7,12,14H,8-11H2,1H3,(H2,22,25)(H,23,26). The minimum Gasteiger partial charge on any atom is -0.366 e. The number of rotatable bonds is 5. The van der Waals surface area contributed by atoms with Gasteiger partial charge in [-0.25, -0.2) is 12.8 Å². The van der Waals surface area contributed by atoms with Gasteiger partial charge in [-0.15, -0.1) is 0 Å². The Bertz CT molecular complexity index is 1050. The molecule has 1 fully saturated rings. The molecule has 3 N–H and O–H groups in total. The zero-order valence-electron chi connectivity index (χ0n) is 15.9. The van der Waals surface area contributed by atoms with Gasteiger partial charge in [-0.2, -0.15) is 4.31 Å². The Labute approximate surface area is 168 Å². The van der Waals surface area contributed by atoms with Crippen molar-refractivity contribution in [1.82, 2.24) is 4.31 Å². The molecule has 0 bridgehead atoms. The second-order valence-electron chi connectivity index (χ2n) is 6.99. The van der Waals surface area contributed by atoms with Crippen LogP contribution in [0.2, 0.25) is 0 Å². The quantitative estimate of drug-likeness (QED) is 0.775. The number of nitrogens with one attached hydrogen (secondary N) is 1. The molecule has 0 unspecified atom stereocenters. The van der Waals surface area contributed by atoms with Crippen LogP contribution in [0.1, 0.15) is 28.8 Å². The van der Waals surface area contributed by atoms with Gasteiger partial charge in [-0.05, 0) is 49.6 Å². The fourth-order valence-electron chi connectivity index (χ4n) is 3.31. The third-order valence-electron chi connectivity index (χ3n) is 5.03. The van der Waals surface area contributed by atoms with E-state index in [0.717, 1.165) is 0 Å². The highest BCUT2D eigenvalue weighted by molar-refractivity contribution is 7.89. The van der Waals surface area contributed by atoms with Gasteiger partial charge < -0.3 is 11.1 Å². The minimum absolute atomic E-state index is 0.0613. The van der Waals surface area contributed by atoms with Crippen molar-refractivity contribution in [3.63, 3.8) is 0 Å². The zero-order valence-corrected chi connectivity index (χ0v) is 16.7. The number of hydrogen-bond acceptors (Lipinski definition) is 4. The number of amides is 2. The van der Waals surface area contributed by atoms with Crippen molar-refractivity contribution in [2.24, 2.45) is 11.7 Å². The van der Waals surface area contributed by atoms with Crippen LogP contribution in [0.5, 0.6) is 0 Å². The van der Waals surface area contributed by atoms with Crippen molar-refractivity contribution in [3.05, 3.63) is 59.4 Å². The molecule has 9 heteroatoms. The van der Waals surface area contributed by atoms with Gasteiger partial charge in [0.2, 0.25) is 21.8 Å². The van der Waals surface area contributed by atoms with Crippen LogP contribution in [0.25, 0.3) is 0 Å². The summed E-state index contributed by atoms with van der Waals surface area (Å²) < 4.78 is 40.8. The van der Waals surface area contributed by atoms with Crippen molar-refractivity contribution >= 4 is 27.5 Å². The van der Waals surface area contributed by atoms with E-state index < -0.39 is 27.7 Å². The maximum absolute atomic E-state index is 13.6. The number of primary amides is 1. The first-order chi connectivity index (χ1) is 13.7. The van der Waals surface area contributed by atoms with E-state index in [2.05, 4.69) is 5.32 Å². The van der Waals surface area contributed by atoms with Crippen LogP contribution in [-0.4, -0.2) is 37.6 Å². The predicted molar refractivity (Wildman–Crippen MR) is 106 cm³/mol. The molecule has 3 rings (SSSR count). The SMILES string of the molecule is Cc1ccc(NC(=O)C2CCN(S(=O)(=O)c3ccccc3C(N)=O)CC2)cc1F. The van der Waals surface area contributed by atoms with E-state index in [4.69, 9.17) is 5.73 Å². The van der Waals surface area contributed by atoms with Crippen LogP contribution in [0.3, 0.4) is 0 Å². The van der Waals surface area contributed by atoms with Crippen LogP contribution in [0, 0.1) is 18.7 Å². The van der Waals surface area contributed by atoms with Gasteiger partial charge in [-0.3, -0.25) is 9.59 Å². The molecule has 0 aromatic heterocycles. The largest absolute Gasteiger partial charge is 0.366 e. The topological polar surface area (TPSA) is 110 Å². The average Bonchev–Trinajstić information content (AvgIpc) is 2.70. The molecule has 1 heterocycles. The van der Waals surface area contributed by atoms with Crippen molar-refractivity contribution in [2.45, 2.75) is 24.7 Å². The summed E-state index contributed by atoms with van der Waals surface area (Å²) in [7, 11) is -3.90. The maximum Gasteiger partial charge on any atom is 0.250 e. The number of sulfonamides is 1. The first kappa shape index (κ1) is 20.9. The van der Waals surface area contributed by atoms with E-state index in [1.807, 2.05) is 0 Å². The lowest BCUT2D eigenvalue weighted by Gasteiger charge is -2.31. The summed E-state index contributed by atoms with van der Waals surface area (Å²) in [5.74, 6) is -1.89. The summed E-state index contributed by atoms with van der Waals surface area (Å²) in [5.41, 5.74) is 6.08. The Morgan fingerprint density at radius 2 is 1.79 bits per heavy atom. The fraction of sp³-hybridized carbons (Fsp3) is 0.300. The molecule has 154 valence electrons. The van der Waals surface area contributed by atoms with Crippen molar-refractivity contribution < 1.29 is 22.4 Å². The molecule has 0 spiro atoms. The number of piperidine rings is 1. The molecule has 1 aliphatic rings. The lowest BCUT2D eigenvalue weighted by molar-refractivity contribution is -0.120. The number of benzene rings is 2. The number of hydrogen-bond donors (Lipinski definition) is 2. The monoisotopic (exact) mass is 419 g/mol. The lowest BCUT2D eigenvalue weighted by Crippen LogP contribution is -2.41. The number of halogens is 1. The maximum atomic E-state index is 13.6. The second kappa shape index (κ2) is 8.30. The van der Waals surface area contributed by atoms with Crippen LogP contribution >= 0.6 is 0 Å². The summed E-state index contributed by atoms with van der Waals surface area (Å²) in [5, 5.41) is 2.68. The van der Waals surface area contributed by atoms with Gasteiger partial charge in [-0.1, -0.05) is 18.2 Å². The van der Waals surface area contributed by atoms with E-state index in [9.17, 15) is 22.4 Å². The summed E-state index contributed by atoms with van der Waals surface area (Å²) in [6.07, 6.45) is 0.635. The molecule has 7 nitrogen and oxygen atoms in total. The molecule has 2 amide bonds. The normalized spacial score (nSPS) is 15.8. The molecule has 0 saturated carbocycles. The molecule has 1 saturated heterocycles. The van der Waals surface area contributed by atoms with E-state index in [1.54, 1.807) is 25.1 Å². The molecule has 2 aromatic rings. The molecule has 1 aliphatic heterocycles. The van der Waals surface area contributed by atoms with E-state index >= 15 is 0 Å². The minimum atomic E-state index is -3.90. The van der Waals surface area contributed by atoms with Crippen molar-refractivity contribution in [3.8, 4) is 0 Å². The van der Waals surface area contributed by atoms with E-state index in [1.165, 1.54) is 28.6 Å². The highest BCUT2D eigenvalue weighted by Gasteiger charge is 2.33. The van der Waals surface area contributed by atoms with Gasteiger partial charge >= 0.3 is 0 Å². The highest BCUT2D eigenvalue weighted by atomic mass is 32.2. The van der Waals surface area contributed by atoms with Crippen molar-refractivity contribution in [1.29, 1.82) is 0 Å². The average molecular weight is 419 g/mol. The number of anilines is 1. The molecular weight excluding hydrogens is 397 g/mol. The molecule has 2 aromatic carbocycles. The first-order valence-electron chi connectivity index (χ1n) is 9.16. The molecule has 0 radical (unpaired) electrons. The fourth-order valence-corrected chi connectivity index (χ4v) is 4.97. The Hall–Kier alpha value is -2.78. The Kier molecular flexibility index (Phi) is 5.99. The Balaban J connectivity index is 1.67. The number of nitrogens with two attached hydrogens (primary N) is 1. The summed E-state index contributed by atoms with van der Waals surface area (Å²) in [4.78, 5) is 23.9. The third-order valence-corrected chi connectivity index (χ3v) is 6.99. The summed E-state index contributed by atoms with van der Waals surface area (Å²) in [6.45, 7) is 1.90. The number of carbonyl (C=O) groups excluding carboxylic acids is 2. The first-order valence-corrected chi connectivity index (χ1v) is 10.6. The van der Waals surface area contributed by atoms with E-state index in [-0.39, 0.29) is 29.5 Å². The number of nitrogens with zero attached hydrogens (tertiary/aromatic N) is 1. The molecule has 29 heavy (non-hydrogen) atoms. The van der Waals surface area contributed by atoms with Crippen LogP contribution in [0.4, 0.5) is 10.1 Å². The van der Waals surface area contributed by atoms with Gasteiger partial charge in [0.05, 0.1) is 10.5 Å². The third kappa shape index (κ3) is 4.46. The molecular formula is C20H22FN3O4S. The van der Waals surface area contributed by atoms with Gasteiger partial charge in [0, 0.05) is 24.7 Å². The smallest absolute Gasteiger partial charge is 0.250 e. The van der Waals surface area contributed by atoms with Crippen molar-refractivity contribution in [2.75, 3.05) is 18.4 Å². The van der Waals surface area contributed by atoms with Crippen LogP contribution in [0.15, 0.2) is 47.4 Å². The number of aryl methyl sites for hydroxylation is 1. The molecule has 0 aliphatic carbocycles. The zero-order chi connectivity index (χ0) is 21.2. The number of carbonyl (C=O) groups is 2. The Morgan fingerprint density at radius 3 is 2.41 bits per heavy atom. The highest BCUT2D eigenvalue weighted by Crippen LogP contribution is 2.26. The van der Waals surface area contributed by atoms with Gasteiger partial charge in [0.1, 0.15) is 5.82 Å². The second-order valence-corrected chi connectivity index (χ2v) is 8.90. The Morgan fingerprint density at radius 1 is 1.14 bits per heavy atom.